The number of benzene rings is 3. The van der Waals surface area contributed by atoms with Crippen molar-refractivity contribution in [2.24, 2.45) is 0 Å². The monoisotopic (exact) mass is 489 g/mol. The van der Waals surface area contributed by atoms with E-state index < -0.39 is 5.91 Å². The average molecular weight is 490 g/mol. The van der Waals surface area contributed by atoms with Gasteiger partial charge in [0, 0.05) is 17.1 Å². The van der Waals surface area contributed by atoms with Gasteiger partial charge in [0.2, 0.25) is 11.7 Å². The molecule has 0 aliphatic rings. The Labute approximate surface area is 193 Å². The van der Waals surface area contributed by atoms with Crippen LogP contribution in [-0.2, 0) is 4.79 Å². The summed E-state index contributed by atoms with van der Waals surface area (Å²) >= 11 is 3.39. The zero-order valence-electron chi connectivity index (χ0n) is 17.3. The molecular formula is C24H20BrN5O2. The van der Waals surface area contributed by atoms with E-state index in [0.717, 1.165) is 15.7 Å². The minimum Gasteiger partial charge on any atom is -0.330 e. The Hall–Kier alpha value is -3.78. The van der Waals surface area contributed by atoms with Crippen molar-refractivity contribution in [2.75, 3.05) is 18.9 Å². The van der Waals surface area contributed by atoms with Crippen LogP contribution < -0.4 is 5.32 Å². The van der Waals surface area contributed by atoms with Gasteiger partial charge in [-0.25, -0.2) is 9.67 Å². The number of para-hydroxylation sites is 2. The third kappa shape index (κ3) is 4.76. The van der Waals surface area contributed by atoms with Gasteiger partial charge in [0.05, 0.1) is 17.9 Å². The van der Waals surface area contributed by atoms with Crippen LogP contribution in [0.5, 0.6) is 0 Å². The van der Waals surface area contributed by atoms with Crippen LogP contribution in [0, 0.1) is 0 Å². The molecule has 7 nitrogen and oxygen atoms in total. The number of rotatable bonds is 6. The first kappa shape index (κ1) is 21.5. The highest BCUT2D eigenvalue weighted by atomic mass is 79.9. The fourth-order valence-corrected chi connectivity index (χ4v) is 3.52. The van der Waals surface area contributed by atoms with Crippen molar-refractivity contribution in [2.45, 2.75) is 0 Å². The van der Waals surface area contributed by atoms with Gasteiger partial charge in [-0.05, 0) is 40.2 Å². The van der Waals surface area contributed by atoms with Gasteiger partial charge in [0.1, 0.15) is 0 Å². The van der Waals surface area contributed by atoms with E-state index in [9.17, 15) is 9.59 Å². The van der Waals surface area contributed by atoms with Crippen molar-refractivity contribution in [3.8, 4) is 17.1 Å². The maximum atomic E-state index is 13.0. The quantitative estimate of drug-likeness (QED) is 0.435. The molecule has 0 unspecified atom stereocenters. The van der Waals surface area contributed by atoms with Gasteiger partial charge < -0.3 is 10.2 Å². The SMILES string of the molecule is CN(CC(=O)Nc1ccccc1Br)C(=O)c1nc(-c2ccccc2)n(-c2ccccc2)n1. The Morgan fingerprint density at radius 1 is 0.938 bits per heavy atom. The molecule has 8 heteroatoms. The molecule has 0 saturated carbocycles. The molecule has 0 spiro atoms. The third-order valence-corrected chi connectivity index (χ3v) is 5.40. The molecule has 0 saturated heterocycles. The molecule has 2 amide bonds. The molecule has 32 heavy (non-hydrogen) atoms. The number of anilines is 1. The normalized spacial score (nSPS) is 10.6. The summed E-state index contributed by atoms with van der Waals surface area (Å²) in [6.45, 7) is -0.138. The molecular weight excluding hydrogens is 470 g/mol. The molecule has 1 aromatic heterocycles. The predicted octanol–water partition coefficient (Wildman–Crippen LogP) is 4.41. The second kappa shape index (κ2) is 9.57. The molecule has 0 fully saturated rings. The molecule has 3 aromatic carbocycles. The Balaban J connectivity index is 1.57. The van der Waals surface area contributed by atoms with Crippen LogP contribution >= 0.6 is 15.9 Å². The van der Waals surface area contributed by atoms with Gasteiger partial charge in [0.15, 0.2) is 5.82 Å². The summed E-state index contributed by atoms with van der Waals surface area (Å²) in [6, 6.07) is 26.3. The zero-order valence-corrected chi connectivity index (χ0v) is 18.9. The van der Waals surface area contributed by atoms with Crippen molar-refractivity contribution in [1.29, 1.82) is 0 Å². The van der Waals surface area contributed by atoms with Gasteiger partial charge in [0.25, 0.3) is 5.91 Å². The molecule has 0 atom stereocenters. The van der Waals surface area contributed by atoms with Gasteiger partial charge in [-0.1, -0.05) is 60.7 Å². The van der Waals surface area contributed by atoms with E-state index in [1.165, 1.54) is 4.90 Å². The number of carbonyl (C=O) groups is 2. The third-order valence-electron chi connectivity index (χ3n) is 4.71. The van der Waals surface area contributed by atoms with E-state index in [2.05, 4.69) is 31.3 Å². The highest BCUT2D eigenvalue weighted by Gasteiger charge is 2.23. The summed E-state index contributed by atoms with van der Waals surface area (Å²) in [5, 5.41) is 7.25. The van der Waals surface area contributed by atoms with Gasteiger partial charge >= 0.3 is 0 Å². The lowest BCUT2D eigenvalue weighted by atomic mass is 10.2. The van der Waals surface area contributed by atoms with Crippen molar-refractivity contribution in [3.05, 3.63) is 95.2 Å². The van der Waals surface area contributed by atoms with Gasteiger partial charge in [-0.15, -0.1) is 5.10 Å². The van der Waals surface area contributed by atoms with Crippen LogP contribution in [0.4, 0.5) is 5.69 Å². The van der Waals surface area contributed by atoms with Gasteiger partial charge in [-0.2, -0.15) is 0 Å². The summed E-state index contributed by atoms with van der Waals surface area (Å²) in [5.74, 6) is -0.201. The van der Waals surface area contributed by atoms with Crippen molar-refractivity contribution < 1.29 is 9.59 Å². The van der Waals surface area contributed by atoms with E-state index in [0.29, 0.717) is 11.5 Å². The summed E-state index contributed by atoms with van der Waals surface area (Å²) < 4.78 is 2.40. The average Bonchev–Trinajstić information content (AvgIpc) is 3.27. The number of carbonyl (C=O) groups excluding carboxylic acids is 2. The molecule has 0 aliphatic carbocycles. The lowest BCUT2D eigenvalue weighted by molar-refractivity contribution is -0.116. The van der Waals surface area contributed by atoms with E-state index in [1.807, 2.05) is 78.9 Å². The highest BCUT2D eigenvalue weighted by molar-refractivity contribution is 9.10. The van der Waals surface area contributed by atoms with Crippen LogP contribution in [0.3, 0.4) is 0 Å². The molecule has 0 bridgehead atoms. The van der Waals surface area contributed by atoms with Crippen LogP contribution in [0.2, 0.25) is 0 Å². The van der Waals surface area contributed by atoms with Crippen LogP contribution in [0.25, 0.3) is 17.1 Å². The van der Waals surface area contributed by atoms with Crippen molar-refractivity contribution in [3.63, 3.8) is 0 Å². The number of halogens is 1. The Bertz CT molecular complexity index is 1180. The summed E-state index contributed by atoms with van der Waals surface area (Å²) in [5.41, 5.74) is 2.25. The standard InChI is InChI=1S/C24H20BrN5O2/c1-29(16-21(31)26-20-15-9-8-14-19(20)25)24(32)22-27-23(17-10-4-2-5-11-17)30(28-22)18-12-6-3-7-13-18/h2-15H,16H2,1H3,(H,26,31). The molecule has 0 aliphatic heterocycles. The van der Waals surface area contributed by atoms with Crippen LogP contribution in [0.1, 0.15) is 10.6 Å². The summed E-state index contributed by atoms with van der Waals surface area (Å²) in [7, 11) is 1.55. The first-order valence-corrected chi connectivity index (χ1v) is 10.7. The molecule has 1 heterocycles. The van der Waals surface area contributed by atoms with E-state index in [1.54, 1.807) is 17.8 Å². The fourth-order valence-electron chi connectivity index (χ4n) is 3.14. The van der Waals surface area contributed by atoms with E-state index in [-0.39, 0.29) is 18.3 Å². The van der Waals surface area contributed by atoms with Crippen LogP contribution in [-0.4, -0.2) is 45.1 Å². The number of likely N-dealkylation sites (N-methyl/N-ethyl adjacent to an activating group) is 1. The first-order chi connectivity index (χ1) is 15.5. The lowest BCUT2D eigenvalue weighted by Crippen LogP contribution is -2.35. The largest absolute Gasteiger partial charge is 0.330 e. The number of aromatic nitrogens is 3. The van der Waals surface area contributed by atoms with Crippen molar-refractivity contribution in [1.82, 2.24) is 19.7 Å². The maximum Gasteiger partial charge on any atom is 0.293 e. The molecule has 4 aromatic rings. The van der Waals surface area contributed by atoms with Gasteiger partial charge in [-0.3, -0.25) is 9.59 Å². The van der Waals surface area contributed by atoms with Crippen molar-refractivity contribution >= 4 is 33.4 Å². The van der Waals surface area contributed by atoms with E-state index >= 15 is 0 Å². The maximum absolute atomic E-state index is 13.0. The minimum absolute atomic E-state index is 0.0175. The van der Waals surface area contributed by atoms with E-state index in [4.69, 9.17) is 0 Å². The fraction of sp³-hybridized carbons (Fsp3) is 0.0833. The lowest BCUT2D eigenvalue weighted by Gasteiger charge is -2.15. The zero-order chi connectivity index (χ0) is 22.5. The number of nitrogens with zero attached hydrogens (tertiary/aromatic N) is 4. The van der Waals surface area contributed by atoms with Crippen LogP contribution in [0.15, 0.2) is 89.4 Å². The Kier molecular flexibility index (Phi) is 6.42. The molecule has 4 rings (SSSR count). The second-order valence-corrected chi connectivity index (χ2v) is 7.92. The molecule has 160 valence electrons. The topological polar surface area (TPSA) is 80.1 Å². The Morgan fingerprint density at radius 3 is 2.25 bits per heavy atom. The molecule has 0 radical (unpaired) electrons. The Morgan fingerprint density at radius 2 is 1.56 bits per heavy atom. The number of hydrogen-bond donors (Lipinski definition) is 1. The smallest absolute Gasteiger partial charge is 0.293 e. The predicted molar refractivity (Wildman–Crippen MR) is 127 cm³/mol. The number of nitrogens with one attached hydrogen (secondary N) is 1. The minimum atomic E-state index is -0.445. The number of hydrogen-bond acceptors (Lipinski definition) is 4. The summed E-state index contributed by atoms with van der Waals surface area (Å²) in [6.07, 6.45) is 0. The first-order valence-electron chi connectivity index (χ1n) is 9.90. The number of amides is 2. The summed E-state index contributed by atoms with van der Waals surface area (Å²) in [4.78, 5) is 31.3. The second-order valence-electron chi connectivity index (χ2n) is 7.06. The highest BCUT2D eigenvalue weighted by Crippen LogP contribution is 2.22. The molecule has 1 N–H and O–H groups in total.